The number of carbonyl (C=O) groups is 1. The molecule has 3 aromatic carbocycles. The molecule has 0 heterocycles. The van der Waals surface area contributed by atoms with Gasteiger partial charge in [-0.25, -0.2) is 0 Å². The van der Waals surface area contributed by atoms with Crippen molar-refractivity contribution >= 4 is 39.7 Å². The van der Waals surface area contributed by atoms with Crippen LogP contribution in [0, 0.1) is 0 Å². The van der Waals surface area contributed by atoms with Crippen LogP contribution in [0.25, 0.3) is 10.8 Å². The van der Waals surface area contributed by atoms with Gasteiger partial charge in [-0.2, -0.15) is 0 Å². The number of rotatable bonds is 3. The zero-order chi connectivity index (χ0) is 16.4. The SMILES string of the molecule is COc1ccc(N)cc1NC(=O)c1cccc2c(Cl)cccc12. The molecule has 0 saturated carbocycles. The average Bonchev–Trinajstić information content (AvgIpc) is 2.55. The molecule has 3 aromatic rings. The maximum absolute atomic E-state index is 12.7. The summed E-state index contributed by atoms with van der Waals surface area (Å²) in [5, 5.41) is 5.08. The molecule has 0 spiro atoms. The zero-order valence-electron chi connectivity index (χ0n) is 12.5. The van der Waals surface area contributed by atoms with Gasteiger partial charge in [0, 0.05) is 21.7 Å². The number of nitrogens with two attached hydrogens (primary N) is 1. The van der Waals surface area contributed by atoms with Gasteiger partial charge in [0.25, 0.3) is 5.91 Å². The van der Waals surface area contributed by atoms with Gasteiger partial charge in [-0.05, 0) is 35.7 Å². The lowest BCUT2D eigenvalue weighted by Gasteiger charge is -2.12. The molecule has 23 heavy (non-hydrogen) atoms. The summed E-state index contributed by atoms with van der Waals surface area (Å²) in [5.41, 5.74) is 7.39. The summed E-state index contributed by atoms with van der Waals surface area (Å²) in [6.45, 7) is 0. The Labute approximate surface area is 138 Å². The molecule has 0 bridgehead atoms. The second kappa shape index (κ2) is 6.18. The van der Waals surface area contributed by atoms with Crippen LogP contribution in [0.15, 0.2) is 54.6 Å². The number of amides is 1. The van der Waals surface area contributed by atoms with Gasteiger partial charge in [-0.1, -0.05) is 35.9 Å². The highest BCUT2D eigenvalue weighted by atomic mass is 35.5. The summed E-state index contributed by atoms with van der Waals surface area (Å²) in [6.07, 6.45) is 0. The third-order valence-electron chi connectivity index (χ3n) is 3.59. The lowest BCUT2D eigenvalue weighted by molar-refractivity contribution is 0.102. The molecule has 1 amide bonds. The Morgan fingerprint density at radius 1 is 1.09 bits per heavy atom. The predicted molar refractivity (Wildman–Crippen MR) is 94.3 cm³/mol. The Morgan fingerprint density at radius 3 is 2.61 bits per heavy atom. The number of hydrogen-bond acceptors (Lipinski definition) is 3. The number of hydrogen-bond donors (Lipinski definition) is 2. The standard InChI is InChI=1S/C18H15ClN2O2/c1-23-17-9-8-11(20)10-16(17)21-18(22)14-6-2-5-13-12(14)4-3-7-15(13)19/h2-10H,20H2,1H3,(H,21,22). The highest BCUT2D eigenvalue weighted by molar-refractivity contribution is 6.36. The van der Waals surface area contributed by atoms with Crippen LogP contribution in [-0.4, -0.2) is 13.0 Å². The van der Waals surface area contributed by atoms with Crippen LogP contribution in [0.4, 0.5) is 11.4 Å². The van der Waals surface area contributed by atoms with Crippen molar-refractivity contribution < 1.29 is 9.53 Å². The van der Waals surface area contributed by atoms with Crippen molar-refractivity contribution in [3.8, 4) is 5.75 Å². The van der Waals surface area contributed by atoms with Crippen LogP contribution < -0.4 is 15.8 Å². The molecule has 3 N–H and O–H groups in total. The van der Waals surface area contributed by atoms with E-state index < -0.39 is 0 Å². The molecule has 0 aliphatic rings. The smallest absolute Gasteiger partial charge is 0.256 e. The highest BCUT2D eigenvalue weighted by Crippen LogP contribution is 2.29. The summed E-state index contributed by atoms with van der Waals surface area (Å²) in [6, 6.07) is 16.0. The van der Waals surface area contributed by atoms with E-state index >= 15 is 0 Å². The van der Waals surface area contributed by atoms with Gasteiger partial charge in [0.2, 0.25) is 0 Å². The van der Waals surface area contributed by atoms with Crippen molar-refractivity contribution in [2.45, 2.75) is 0 Å². The summed E-state index contributed by atoms with van der Waals surface area (Å²) in [4.78, 5) is 12.7. The van der Waals surface area contributed by atoms with Gasteiger partial charge in [0.15, 0.2) is 0 Å². The monoisotopic (exact) mass is 326 g/mol. The van der Waals surface area contributed by atoms with Crippen LogP contribution in [-0.2, 0) is 0 Å². The van der Waals surface area contributed by atoms with Gasteiger partial charge in [-0.3, -0.25) is 4.79 Å². The molecule has 0 fully saturated rings. The summed E-state index contributed by atoms with van der Waals surface area (Å²) in [5.74, 6) is 0.299. The number of fused-ring (bicyclic) bond motifs is 1. The van der Waals surface area contributed by atoms with Crippen LogP contribution in [0.3, 0.4) is 0 Å². The first kappa shape index (κ1) is 15.2. The number of anilines is 2. The van der Waals surface area contributed by atoms with Gasteiger partial charge < -0.3 is 15.8 Å². The van der Waals surface area contributed by atoms with Crippen LogP contribution in [0.1, 0.15) is 10.4 Å². The van der Waals surface area contributed by atoms with Crippen molar-refractivity contribution in [2.75, 3.05) is 18.2 Å². The fraction of sp³-hybridized carbons (Fsp3) is 0.0556. The molecule has 0 aliphatic carbocycles. The zero-order valence-corrected chi connectivity index (χ0v) is 13.2. The molecule has 0 unspecified atom stereocenters. The first-order chi connectivity index (χ1) is 11.1. The maximum Gasteiger partial charge on any atom is 0.256 e. The van der Waals surface area contributed by atoms with Crippen molar-refractivity contribution in [2.24, 2.45) is 0 Å². The van der Waals surface area contributed by atoms with E-state index in [2.05, 4.69) is 5.32 Å². The molecule has 0 aliphatic heterocycles. The van der Waals surface area contributed by atoms with E-state index in [1.165, 1.54) is 0 Å². The van der Waals surface area contributed by atoms with E-state index in [1.807, 2.05) is 18.2 Å². The molecule has 0 atom stereocenters. The van der Waals surface area contributed by atoms with Gasteiger partial charge in [0.1, 0.15) is 5.75 Å². The molecule has 4 nitrogen and oxygen atoms in total. The maximum atomic E-state index is 12.7. The fourth-order valence-electron chi connectivity index (χ4n) is 2.48. The number of nitrogens with one attached hydrogen (secondary N) is 1. The highest BCUT2D eigenvalue weighted by Gasteiger charge is 2.13. The van der Waals surface area contributed by atoms with E-state index in [9.17, 15) is 4.79 Å². The topological polar surface area (TPSA) is 64.3 Å². The fourth-order valence-corrected chi connectivity index (χ4v) is 2.72. The molecule has 3 rings (SSSR count). The van der Waals surface area contributed by atoms with E-state index in [4.69, 9.17) is 22.1 Å². The van der Waals surface area contributed by atoms with Crippen LogP contribution in [0.2, 0.25) is 5.02 Å². The minimum Gasteiger partial charge on any atom is -0.495 e. The number of benzene rings is 3. The third kappa shape index (κ3) is 2.94. The van der Waals surface area contributed by atoms with Crippen molar-refractivity contribution in [1.82, 2.24) is 0 Å². The predicted octanol–water partition coefficient (Wildman–Crippen LogP) is 4.34. The number of nitrogen functional groups attached to an aromatic ring is 1. The Hall–Kier alpha value is -2.72. The third-order valence-corrected chi connectivity index (χ3v) is 3.91. The van der Waals surface area contributed by atoms with Gasteiger partial charge in [0.05, 0.1) is 12.8 Å². The van der Waals surface area contributed by atoms with Crippen molar-refractivity contribution in [1.29, 1.82) is 0 Å². The van der Waals surface area contributed by atoms with Crippen molar-refractivity contribution in [3.05, 3.63) is 65.2 Å². The molecule has 5 heteroatoms. The van der Waals surface area contributed by atoms with Crippen molar-refractivity contribution in [3.63, 3.8) is 0 Å². The Morgan fingerprint density at radius 2 is 1.83 bits per heavy atom. The summed E-state index contributed by atoms with van der Waals surface area (Å²) in [7, 11) is 1.54. The minimum atomic E-state index is -0.248. The van der Waals surface area contributed by atoms with Crippen LogP contribution >= 0.6 is 11.6 Å². The van der Waals surface area contributed by atoms with Gasteiger partial charge >= 0.3 is 0 Å². The normalized spacial score (nSPS) is 10.5. The van der Waals surface area contributed by atoms with E-state index in [-0.39, 0.29) is 5.91 Å². The first-order valence-corrected chi connectivity index (χ1v) is 7.40. The number of ether oxygens (including phenoxy) is 1. The van der Waals surface area contributed by atoms with E-state index in [0.717, 1.165) is 10.8 Å². The minimum absolute atomic E-state index is 0.248. The summed E-state index contributed by atoms with van der Waals surface area (Å²) >= 11 is 6.19. The number of carbonyl (C=O) groups excluding carboxylic acids is 1. The second-order valence-electron chi connectivity index (χ2n) is 5.05. The number of halogens is 1. The van der Waals surface area contributed by atoms with E-state index in [1.54, 1.807) is 43.5 Å². The molecule has 0 aromatic heterocycles. The average molecular weight is 327 g/mol. The molecular weight excluding hydrogens is 312 g/mol. The van der Waals surface area contributed by atoms with Crippen LogP contribution in [0.5, 0.6) is 5.75 Å². The Balaban J connectivity index is 2.02. The second-order valence-corrected chi connectivity index (χ2v) is 5.46. The lowest BCUT2D eigenvalue weighted by atomic mass is 10.0. The molecule has 0 saturated heterocycles. The first-order valence-electron chi connectivity index (χ1n) is 7.02. The lowest BCUT2D eigenvalue weighted by Crippen LogP contribution is -2.13. The number of methoxy groups -OCH3 is 1. The van der Waals surface area contributed by atoms with E-state index in [0.29, 0.717) is 27.7 Å². The Kier molecular flexibility index (Phi) is 4.08. The molecule has 116 valence electrons. The molecule has 0 radical (unpaired) electrons. The summed E-state index contributed by atoms with van der Waals surface area (Å²) < 4.78 is 5.25. The van der Waals surface area contributed by atoms with Gasteiger partial charge in [-0.15, -0.1) is 0 Å². The Bertz CT molecular complexity index is 893. The largest absolute Gasteiger partial charge is 0.495 e. The molecular formula is C18H15ClN2O2. The quantitative estimate of drug-likeness (QED) is 0.704.